The molecule has 0 aliphatic carbocycles. The number of thiophene rings is 1. The SMILES string of the molecule is Cc1nn(C(C)C)c(NC(C)c2ccsc2)c1N. The first-order valence-corrected chi connectivity index (χ1v) is 7.08. The minimum atomic E-state index is 0.229. The number of hydrogen-bond acceptors (Lipinski definition) is 4. The molecule has 0 aromatic carbocycles. The van der Waals surface area contributed by atoms with Crippen molar-refractivity contribution in [2.45, 2.75) is 39.8 Å². The van der Waals surface area contributed by atoms with Crippen LogP contribution in [0.3, 0.4) is 0 Å². The maximum atomic E-state index is 6.10. The van der Waals surface area contributed by atoms with Gasteiger partial charge in [-0.1, -0.05) is 0 Å². The molecule has 0 saturated carbocycles. The molecule has 0 aliphatic rings. The molecule has 0 bridgehead atoms. The third-order valence-corrected chi connectivity index (χ3v) is 3.72. The average Bonchev–Trinajstić information content (AvgIpc) is 2.92. The van der Waals surface area contributed by atoms with Crippen LogP contribution in [0.2, 0.25) is 0 Å². The zero-order valence-corrected chi connectivity index (χ0v) is 12.1. The van der Waals surface area contributed by atoms with Crippen molar-refractivity contribution in [2.24, 2.45) is 0 Å². The number of nitrogens with two attached hydrogens (primary N) is 1. The molecule has 2 rings (SSSR count). The van der Waals surface area contributed by atoms with Crippen LogP contribution in [0.25, 0.3) is 0 Å². The lowest BCUT2D eigenvalue weighted by Gasteiger charge is -2.18. The Bertz CT molecular complexity index is 513. The van der Waals surface area contributed by atoms with Gasteiger partial charge in [-0.15, -0.1) is 0 Å². The third kappa shape index (κ3) is 2.36. The molecule has 5 heteroatoms. The summed E-state index contributed by atoms with van der Waals surface area (Å²) >= 11 is 1.70. The van der Waals surface area contributed by atoms with Gasteiger partial charge in [-0.3, -0.25) is 0 Å². The van der Waals surface area contributed by atoms with Crippen LogP contribution in [-0.4, -0.2) is 9.78 Å². The summed E-state index contributed by atoms with van der Waals surface area (Å²) in [6.07, 6.45) is 0. The van der Waals surface area contributed by atoms with Gasteiger partial charge >= 0.3 is 0 Å². The fraction of sp³-hybridized carbons (Fsp3) is 0.462. The standard InChI is InChI=1S/C13H20N4S/c1-8(2)17-13(12(14)10(4)16-17)15-9(3)11-5-6-18-7-11/h5-9,15H,14H2,1-4H3. The van der Waals surface area contributed by atoms with E-state index in [-0.39, 0.29) is 12.1 Å². The second-order valence-corrected chi connectivity index (χ2v) is 5.59. The van der Waals surface area contributed by atoms with Crippen molar-refractivity contribution in [2.75, 3.05) is 11.1 Å². The molecule has 0 aliphatic heterocycles. The van der Waals surface area contributed by atoms with Gasteiger partial charge in [0, 0.05) is 6.04 Å². The quantitative estimate of drug-likeness (QED) is 0.887. The number of hydrogen-bond donors (Lipinski definition) is 2. The summed E-state index contributed by atoms with van der Waals surface area (Å²) in [4.78, 5) is 0. The summed E-state index contributed by atoms with van der Waals surface area (Å²) in [5.74, 6) is 0.918. The monoisotopic (exact) mass is 264 g/mol. The van der Waals surface area contributed by atoms with Crippen LogP contribution in [0.5, 0.6) is 0 Å². The molecule has 1 atom stereocenters. The van der Waals surface area contributed by atoms with E-state index in [1.165, 1.54) is 5.56 Å². The summed E-state index contributed by atoms with van der Waals surface area (Å²) in [5.41, 5.74) is 8.99. The topological polar surface area (TPSA) is 55.9 Å². The minimum Gasteiger partial charge on any atom is -0.394 e. The van der Waals surface area contributed by atoms with Crippen molar-refractivity contribution in [3.8, 4) is 0 Å². The van der Waals surface area contributed by atoms with Gasteiger partial charge in [0.25, 0.3) is 0 Å². The highest BCUT2D eigenvalue weighted by atomic mass is 32.1. The summed E-state index contributed by atoms with van der Waals surface area (Å²) in [6.45, 7) is 8.28. The van der Waals surface area contributed by atoms with E-state index in [2.05, 4.69) is 48.0 Å². The van der Waals surface area contributed by atoms with E-state index in [4.69, 9.17) is 5.73 Å². The van der Waals surface area contributed by atoms with Crippen molar-refractivity contribution in [1.29, 1.82) is 0 Å². The lowest BCUT2D eigenvalue weighted by molar-refractivity contribution is 0.532. The van der Waals surface area contributed by atoms with E-state index in [1.54, 1.807) is 11.3 Å². The highest BCUT2D eigenvalue weighted by Gasteiger charge is 2.17. The maximum absolute atomic E-state index is 6.10. The first kappa shape index (κ1) is 13.0. The molecule has 18 heavy (non-hydrogen) atoms. The molecule has 4 nitrogen and oxygen atoms in total. The molecule has 0 amide bonds. The van der Waals surface area contributed by atoms with Gasteiger partial charge < -0.3 is 11.1 Å². The fourth-order valence-electron chi connectivity index (χ4n) is 1.89. The van der Waals surface area contributed by atoms with E-state index in [1.807, 2.05) is 11.6 Å². The van der Waals surface area contributed by atoms with Crippen LogP contribution in [0, 0.1) is 6.92 Å². The molecule has 0 spiro atoms. The Balaban J connectivity index is 2.28. The van der Waals surface area contributed by atoms with Gasteiger partial charge in [-0.25, -0.2) is 4.68 Å². The average molecular weight is 264 g/mol. The molecule has 1 unspecified atom stereocenters. The molecule has 0 radical (unpaired) electrons. The second-order valence-electron chi connectivity index (χ2n) is 4.81. The number of nitrogens with zero attached hydrogens (tertiary/aromatic N) is 2. The third-order valence-electron chi connectivity index (χ3n) is 3.02. The largest absolute Gasteiger partial charge is 0.394 e. The minimum absolute atomic E-state index is 0.229. The molecule has 0 fully saturated rings. The van der Waals surface area contributed by atoms with Gasteiger partial charge in [-0.2, -0.15) is 16.4 Å². The van der Waals surface area contributed by atoms with Crippen molar-refractivity contribution < 1.29 is 0 Å². The van der Waals surface area contributed by atoms with Crippen molar-refractivity contribution in [1.82, 2.24) is 9.78 Å². The van der Waals surface area contributed by atoms with Gasteiger partial charge in [-0.05, 0) is 50.1 Å². The number of nitrogen functional groups attached to an aromatic ring is 1. The van der Waals surface area contributed by atoms with Crippen LogP contribution >= 0.6 is 11.3 Å². The molecule has 2 aromatic heterocycles. The number of rotatable bonds is 4. The van der Waals surface area contributed by atoms with E-state index >= 15 is 0 Å². The van der Waals surface area contributed by atoms with Crippen molar-refractivity contribution >= 4 is 22.8 Å². The van der Waals surface area contributed by atoms with Crippen LogP contribution in [0.1, 0.15) is 44.1 Å². The van der Waals surface area contributed by atoms with E-state index in [0.29, 0.717) is 0 Å². The van der Waals surface area contributed by atoms with Crippen LogP contribution < -0.4 is 11.1 Å². The molecule has 3 N–H and O–H groups in total. The summed E-state index contributed by atoms with van der Waals surface area (Å²) in [7, 11) is 0. The predicted octanol–water partition coefficient (Wildman–Crippen LogP) is 3.59. The molecule has 0 saturated heterocycles. The Kier molecular flexibility index (Phi) is 3.61. The Morgan fingerprint density at radius 1 is 1.39 bits per heavy atom. The molecule has 2 heterocycles. The number of aryl methyl sites for hydroxylation is 1. The fourth-order valence-corrected chi connectivity index (χ4v) is 2.64. The predicted molar refractivity (Wildman–Crippen MR) is 78.1 cm³/mol. The Morgan fingerprint density at radius 2 is 2.11 bits per heavy atom. The number of aromatic nitrogens is 2. The van der Waals surface area contributed by atoms with Crippen LogP contribution in [-0.2, 0) is 0 Å². The maximum Gasteiger partial charge on any atom is 0.148 e. The normalized spacial score (nSPS) is 12.9. The van der Waals surface area contributed by atoms with Crippen molar-refractivity contribution in [3.63, 3.8) is 0 Å². The summed E-state index contributed by atoms with van der Waals surface area (Å²) in [6, 6.07) is 2.65. The van der Waals surface area contributed by atoms with Gasteiger partial charge in [0.2, 0.25) is 0 Å². The van der Waals surface area contributed by atoms with E-state index in [9.17, 15) is 0 Å². The lowest BCUT2D eigenvalue weighted by Crippen LogP contribution is -2.13. The first-order valence-electron chi connectivity index (χ1n) is 6.14. The molecular formula is C13H20N4S. The zero-order chi connectivity index (χ0) is 13.3. The van der Waals surface area contributed by atoms with Gasteiger partial charge in [0.1, 0.15) is 5.82 Å². The Morgan fingerprint density at radius 3 is 2.67 bits per heavy atom. The highest BCUT2D eigenvalue weighted by molar-refractivity contribution is 7.07. The van der Waals surface area contributed by atoms with E-state index in [0.717, 1.165) is 17.2 Å². The highest BCUT2D eigenvalue weighted by Crippen LogP contribution is 2.29. The van der Waals surface area contributed by atoms with Crippen molar-refractivity contribution in [3.05, 3.63) is 28.1 Å². The lowest BCUT2D eigenvalue weighted by atomic mass is 10.2. The number of nitrogens with one attached hydrogen (secondary N) is 1. The second kappa shape index (κ2) is 5.02. The smallest absolute Gasteiger partial charge is 0.148 e. The summed E-state index contributed by atoms with van der Waals surface area (Å²) in [5, 5.41) is 12.2. The van der Waals surface area contributed by atoms with Gasteiger partial charge in [0.05, 0.1) is 17.4 Å². The van der Waals surface area contributed by atoms with E-state index < -0.39 is 0 Å². The zero-order valence-electron chi connectivity index (χ0n) is 11.3. The Labute approximate surface area is 112 Å². The molecular weight excluding hydrogens is 244 g/mol. The molecule has 98 valence electrons. The summed E-state index contributed by atoms with van der Waals surface area (Å²) < 4.78 is 1.95. The number of anilines is 2. The van der Waals surface area contributed by atoms with Crippen LogP contribution in [0.15, 0.2) is 16.8 Å². The van der Waals surface area contributed by atoms with Gasteiger partial charge in [0.15, 0.2) is 0 Å². The Hall–Kier alpha value is -1.49. The first-order chi connectivity index (χ1) is 8.50. The van der Waals surface area contributed by atoms with Crippen LogP contribution in [0.4, 0.5) is 11.5 Å². The molecule has 2 aromatic rings.